The Morgan fingerprint density at radius 1 is 0.788 bits per heavy atom. The van der Waals surface area contributed by atoms with Crippen molar-refractivity contribution in [1.82, 2.24) is 9.97 Å². The van der Waals surface area contributed by atoms with Crippen LogP contribution in [0.2, 0.25) is 0 Å². The van der Waals surface area contributed by atoms with E-state index in [1.165, 1.54) is 11.8 Å². The predicted octanol–water partition coefficient (Wildman–Crippen LogP) is 8.81. The second-order valence-corrected chi connectivity index (χ2v) is 6.96. The minimum atomic E-state index is 0.794. The molecule has 4 rings (SSSR count). The summed E-state index contributed by atoms with van der Waals surface area (Å²) in [6.07, 6.45) is 8.29. The Kier molecular flexibility index (Phi) is 14.9. The van der Waals surface area contributed by atoms with Crippen LogP contribution in [0.5, 0.6) is 11.5 Å². The summed E-state index contributed by atoms with van der Waals surface area (Å²) >= 11 is 0. The van der Waals surface area contributed by atoms with Crippen molar-refractivity contribution < 1.29 is 9.47 Å². The Hall–Kier alpha value is -3.01. The third-order valence-electron chi connectivity index (χ3n) is 4.65. The topological polar surface area (TPSA) is 47.1 Å². The number of ether oxygens (including phenoxy) is 2. The van der Waals surface area contributed by atoms with Gasteiger partial charge in [0.2, 0.25) is 0 Å². The number of aromatic nitrogens is 2. The van der Waals surface area contributed by atoms with E-state index in [2.05, 4.69) is 42.0 Å². The molecule has 0 bridgehead atoms. The van der Waals surface area contributed by atoms with Crippen LogP contribution in [0, 0.1) is 0 Å². The van der Waals surface area contributed by atoms with E-state index < -0.39 is 0 Å². The van der Waals surface area contributed by atoms with Crippen LogP contribution in [0.15, 0.2) is 67.0 Å². The largest absolute Gasteiger partial charge is 0.494 e. The second kappa shape index (κ2) is 17.5. The van der Waals surface area contributed by atoms with Gasteiger partial charge in [0.1, 0.15) is 11.5 Å². The van der Waals surface area contributed by atoms with Crippen molar-refractivity contribution in [2.24, 2.45) is 0 Å². The molecule has 2 aromatic heterocycles. The molecule has 0 saturated heterocycles. The molecule has 0 fully saturated rings. The molecule has 0 unspecified atom stereocenters. The van der Waals surface area contributed by atoms with Crippen molar-refractivity contribution in [3.63, 3.8) is 0 Å². The first-order chi connectivity index (χ1) is 16.3. The van der Waals surface area contributed by atoms with Gasteiger partial charge in [-0.15, -0.1) is 0 Å². The zero-order valence-corrected chi connectivity index (χ0v) is 21.4. The van der Waals surface area contributed by atoms with E-state index in [0.29, 0.717) is 0 Å². The van der Waals surface area contributed by atoms with Gasteiger partial charge in [0.25, 0.3) is 0 Å². The molecule has 4 heteroatoms. The standard InChI is InChI=1S/C13H15NO.C12H15NO.2C2H6/c1-2-3-9-15-12-6-7-13-11(10-12)5-4-8-14-13;1-2-3-9-14-12-6-4-5-11-10(12)7-8-13-11;2*1-2/h4-8,10H,2-3,9H2,1H3;4-8,13H,2-3,9H2,1H3;2*1-2H3. The van der Waals surface area contributed by atoms with Gasteiger partial charge in [-0.1, -0.05) is 66.5 Å². The number of hydrogen-bond acceptors (Lipinski definition) is 3. The van der Waals surface area contributed by atoms with Gasteiger partial charge < -0.3 is 14.5 Å². The van der Waals surface area contributed by atoms with Crippen molar-refractivity contribution in [3.8, 4) is 11.5 Å². The highest BCUT2D eigenvalue weighted by Gasteiger charge is 2.01. The number of aromatic amines is 1. The summed E-state index contributed by atoms with van der Waals surface area (Å²) in [5.41, 5.74) is 2.15. The quantitative estimate of drug-likeness (QED) is 0.273. The van der Waals surface area contributed by atoms with Crippen LogP contribution < -0.4 is 9.47 Å². The van der Waals surface area contributed by atoms with Crippen LogP contribution in [-0.2, 0) is 0 Å². The van der Waals surface area contributed by atoms with Gasteiger partial charge in [-0.3, -0.25) is 4.98 Å². The zero-order valence-electron chi connectivity index (χ0n) is 21.4. The number of benzene rings is 2. The van der Waals surface area contributed by atoms with Gasteiger partial charge in [0.05, 0.1) is 18.7 Å². The van der Waals surface area contributed by atoms with Crippen LogP contribution >= 0.6 is 0 Å². The molecule has 0 aliphatic carbocycles. The molecule has 1 N–H and O–H groups in total. The molecule has 0 atom stereocenters. The highest BCUT2D eigenvalue weighted by molar-refractivity contribution is 5.85. The highest BCUT2D eigenvalue weighted by atomic mass is 16.5. The van der Waals surface area contributed by atoms with Gasteiger partial charge in [0, 0.05) is 28.7 Å². The molecule has 33 heavy (non-hydrogen) atoms. The second-order valence-electron chi connectivity index (χ2n) is 6.96. The molecule has 2 aromatic carbocycles. The Bertz CT molecular complexity index is 1010. The first kappa shape index (κ1) is 28.0. The first-order valence-electron chi connectivity index (χ1n) is 12.5. The van der Waals surface area contributed by atoms with Gasteiger partial charge in [-0.25, -0.2) is 0 Å². The highest BCUT2D eigenvalue weighted by Crippen LogP contribution is 2.24. The SMILES string of the molecule is CC.CC.CCCCOc1ccc2ncccc2c1.CCCCOc1cccc2[nH]ccc12. The Labute approximate surface area is 200 Å². The first-order valence-corrected chi connectivity index (χ1v) is 12.5. The number of pyridine rings is 1. The molecule has 0 aliphatic heterocycles. The molecule has 180 valence electrons. The normalized spacial score (nSPS) is 9.64. The van der Waals surface area contributed by atoms with Crippen molar-refractivity contribution in [2.45, 2.75) is 67.2 Å². The van der Waals surface area contributed by atoms with Crippen molar-refractivity contribution in [2.75, 3.05) is 13.2 Å². The molecule has 4 nitrogen and oxygen atoms in total. The van der Waals surface area contributed by atoms with Crippen LogP contribution in [0.25, 0.3) is 21.8 Å². The molecule has 0 aliphatic rings. The Morgan fingerprint density at radius 2 is 1.52 bits per heavy atom. The van der Waals surface area contributed by atoms with Gasteiger partial charge >= 0.3 is 0 Å². The van der Waals surface area contributed by atoms with Crippen LogP contribution in [0.1, 0.15) is 67.2 Å². The number of fused-ring (bicyclic) bond motifs is 2. The lowest BCUT2D eigenvalue weighted by molar-refractivity contribution is 0.310. The average molecular weight is 451 g/mol. The molecule has 0 saturated carbocycles. The number of rotatable bonds is 8. The van der Waals surface area contributed by atoms with Gasteiger partial charge in [-0.05, 0) is 55.3 Å². The summed E-state index contributed by atoms with van der Waals surface area (Å²) in [6, 6.07) is 18.2. The Balaban J connectivity index is 0.000000288. The van der Waals surface area contributed by atoms with Crippen molar-refractivity contribution in [3.05, 3.63) is 67.0 Å². The number of nitrogens with one attached hydrogen (secondary N) is 1. The monoisotopic (exact) mass is 450 g/mol. The van der Waals surface area contributed by atoms with E-state index >= 15 is 0 Å². The zero-order chi connectivity index (χ0) is 24.3. The lowest BCUT2D eigenvalue weighted by Gasteiger charge is -2.05. The summed E-state index contributed by atoms with van der Waals surface area (Å²) in [5.74, 6) is 1.92. The van der Waals surface area contributed by atoms with E-state index in [-0.39, 0.29) is 0 Å². The lowest BCUT2D eigenvalue weighted by atomic mass is 10.2. The van der Waals surface area contributed by atoms with E-state index in [0.717, 1.165) is 60.4 Å². The fraction of sp³-hybridized carbons (Fsp3) is 0.414. The minimum Gasteiger partial charge on any atom is -0.494 e. The summed E-state index contributed by atoms with van der Waals surface area (Å²) in [4.78, 5) is 7.43. The average Bonchev–Trinajstić information content (AvgIpc) is 3.37. The summed E-state index contributed by atoms with van der Waals surface area (Å²) in [6.45, 7) is 13.9. The minimum absolute atomic E-state index is 0.794. The maximum absolute atomic E-state index is 5.70. The predicted molar refractivity (Wildman–Crippen MR) is 144 cm³/mol. The summed E-state index contributed by atoms with van der Waals surface area (Å²) < 4.78 is 11.3. The van der Waals surface area contributed by atoms with E-state index in [1.807, 2.05) is 70.3 Å². The molecule has 0 radical (unpaired) electrons. The van der Waals surface area contributed by atoms with Gasteiger partial charge in [-0.2, -0.15) is 0 Å². The molecular weight excluding hydrogens is 408 g/mol. The van der Waals surface area contributed by atoms with Crippen LogP contribution in [0.4, 0.5) is 0 Å². The van der Waals surface area contributed by atoms with E-state index in [4.69, 9.17) is 9.47 Å². The third-order valence-corrected chi connectivity index (χ3v) is 4.65. The molecule has 4 aromatic rings. The molecule has 2 heterocycles. The molecular formula is C29H42N2O2. The van der Waals surface area contributed by atoms with E-state index in [1.54, 1.807) is 6.20 Å². The van der Waals surface area contributed by atoms with Crippen LogP contribution in [-0.4, -0.2) is 23.2 Å². The maximum atomic E-state index is 5.70. The lowest BCUT2D eigenvalue weighted by Crippen LogP contribution is -1.96. The number of unbranched alkanes of at least 4 members (excludes halogenated alkanes) is 2. The summed E-state index contributed by atoms with van der Waals surface area (Å²) in [5, 5.41) is 2.30. The fourth-order valence-electron chi connectivity index (χ4n) is 2.99. The number of H-pyrrole nitrogens is 1. The number of hydrogen-bond donors (Lipinski definition) is 1. The Morgan fingerprint density at radius 3 is 2.24 bits per heavy atom. The van der Waals surface area contributed by atoms with Gasteiger partial charge in [0.15, 0.2) is 0 Å². The van der Waals surface area contributed by atoms with Crippen molar-refractivity contribution in [1.29, 1.82) is 0 Å². The fourth-order valence-corrected chi connectivity index (χ4v) is 2.99. The smallest absolute Gasteiger partial charge is 0.128 e. The number of nitrogens with zero attached hydrogens (tertiary/aromatic N) is 1. The molecule has 0 spiro atoms. The van der Waals surface area contributed by atoms with Crippen LogP contribution in [0.3, 0.4) is 0 Å². The third kappa shape index (κ3) is 9.56. The van der Waals surface area contributed by atoms with E-state index in [9.17, 15) is 0 Å². The summed E-state index contributed by atoms with van der Waals surface area (Å²) in [7, 11) is 0. The maximum Gasteiger partial charge on any atom is 0.128 e. The van der Waals surface area contributed by atoms with Crippen molar-refractivity contribution >= 4 is 21.8 Å². The molecule has 0 amide bonds.